The summed E-state index contributed by atoms with van der Waals surface area (Å²) in [5.41, 5.74) is 3.00. The second kappa shape index (κ2) is 4.07. The topological polar surface area (TPSA) is 25.9 Å². The maximum Gasteiger partial charge on any atom is 0.397 e. The van der Waals surface area contributed by atoms with Crippen LogP contribution in [0.25, 0.3) is 16.0 Å². The van der Waals surface area contributed by atoms with Gasteiger partial charge >= 0.3 is 10.5 Å². The number of para-hydroxylation sites is 1. The molecule has 0 saturated heterocycles. The summed E-state index contributed by atoms with van der Waals surface area (Å²) in [5.74, 6) is 0. The number of rotatable bonds is 1. The Morgan fingerprint density at radius 2 is 1.94 bits per heavy atom. The molecule has 0 aliphatic heterocycles. The van der Waals surface area contributed by atoms with Crippen molar-refractivity contribution in [3.8, 4) is 5.69 Å². The van der Waals surface area contributed by atoms with E-state index in [-0.39, 0.29) is 4.87 Å². The summed E-state index contributed by atoms with van der Waals surface area (Å²) in [6.45, 7) is 2.02. The van der Waals surface area contributed by atoms with Crippen LogP contribution in [-0.2, 0) is 7.05 Å². The second-order valence-corrected chi connectivity index (χ2v) is 5.29. The summed E-state index contributed by atoms with van der Waals surface area (Å²) >= 11 is 1.28. The van der Waals surface area contributed by atoms with E-state index in [1.54, 1.807) is 4.57 Å². The van der Waals surface area contributed by atoms with Crippen LogP contribution in [0.5, 0.6) is 0 Å². The Balaban J connectivity index is 2.47. The van der Waals surface area contributed by atoms with E-state index < -0.39 is 0 Å². The van der Waals surface area contributed by atoms with E-state index in [0.717, 1.165) is 21.6 Å². The molecule has 0 aliphatic rings. The average molecular weight is 257 g/mol. The molecule has 0 amide bonds. The second-order valence-electron chi connectivity index (χ2n) is 4.30. The van der Waals surface area contributed by atoms with Crippen LogP contribution in [-0.4, -0.2) is 4.57 Å². The predicted octanol–water partition coefficient (Wildman–Crippen LogP) is 2.19. The fourth-order valence-corrected chi connectivity index (χ4v) is 3.12. The lowest BCUT2D eigenvalue weighted by atomic mass is 10.2. The van der Waals surface area contributed by atoms with Crippen LogP contribution >= 0.6 is 11.3 Å². The van der Waals surface area contributed by atoms with Gasteiger partial charge in [-0.2, -0.15) is 0 Å². The standard InChI is InChI=1S/C14H13N2OS/c1-10-6-3-4-7-11(10)16-13-12(18-14(16)17)8-5-9-15(13)2/h3-9H,1-2H3/q+1. The van der Waals surface area contributed by atoms with Gasteiger partial charge in [-0.3, -0.25) is 0 Å². The number of hydrogen-bond acceptors (Lipinski definition) is 2. The van der Waals surface area contributed by atoms with Crippen LogP contribution in [0.1, 0.15) is 5.56 Å². The zero-order valence-corrected chi connectivity index (χ0v) is 11.1. The number of aryl methyl sites for hydroxylation is 2. The van der Waals surface area contributed by atoms with Crippen LogP contribution in [0, 0.1) is 6.92 Å². The quantitative estimate of drug-likeness (QED) is 0.614. The summed E-state index contributed by atoms with van der Waals surface area (Å²) < 4.78 is 4.78. The minimum atomic E-state index is 0.0566. The molecule has 0 spiro atoms. The SMILES string of the molecule is Cc1ccccc1-n1c(=O)sc2ccc[n+](C)c21. The monoisotopic (exact) mass is 257 g/mol. The van der Waals surface area contributed by atoms with Gasteiger partial charge in [0.05, 0.1) is 13.2 Å². The zero-order valence-electron chi connectivity index (χ0n) is 10.3. The molecular weight excluding hydrogens is 244 g/mol. The van der Waals surface area contributed by atoms with E-state index in [4.69, 9.17) is 0 Å². The molecular formula is C14H13N2OS+. The summed E-state index contributed by atoms with van der Waals surface area (Å²) in [6, 6.07) is 11.9. The van der Waals surface area contributed by atoms with Crippen LogP contribution in [0.15, 0.2) is 47.4 Å². The van der Waals surface area contributed by atoms with Crippen molar-refractivity contribution in [2.75, 3.05) is 0 Å². The predicted molar refractivity (Wildman–Crippen MR) is 73.3 cm³/mol. The van der Waals surface area contributed by atoms with Gasteiger partial charge in [0, 0.05) is 0 Å². The molecule has 3 nitrogen and oxygen atoms in total. The normalized spacial score (nSPS) is 11.0. The maximum atomic E-state index is 12.2. The fraction of sp³-hybridized carbons (Fsp3) is 0.143. The zero-order chi connectivity index (χ0) is 12.7. The highest BCUT2D eigenvalue weighted by Gasteiger charge is 2.20. The molecule has 0 aliphatic carbocycles. The van der Waals surface area contributed by atoms with Crippen LogP contribution in [0.3, 0.4) is 0 Å². The summed E-state index contributed by atoms with van der Waals surface area (Å²) in [4.78, 5) is 12.3. The van der Waals surface area contributed by atoms with E-state index in [0.29, 0.717) is 0 Å². The Morgan fingerprint density at radius 1 is 1.17 bits per heavy atom. The van der Waals surface area contributed by atoms with Crippen molar-refractivity contribution < 1.29 is 4.57 Å². The Hall–Kier alpha value is -1.94. The lowest BCUT2D eigenvalue weighted by Gasteiger charge is -2.01. The number of hydrogen-bond donors (Lipinski definition) is 0. The van der Waals surface area contributed by atoms with E-state index in [1.165, 1.54) is 11.3 Å². The van der Waals surface area contributed by atoms with Gasteiger partial charge < -0.3 is 0 Å². The summed E-state index contributed by atoms with van der Waals surface area (Å²) in [6.07, 6.45) is 1.96. The molecule has 0 saturated carbocycles. The molecule has 0 bridgehead atoms. The van der Waals surface area contributed by atoms with Gasteiger partial charge in [-0.1, -0.05) is 18.2 Å². The van der Waals surface area contributed by atoms with E-state index >= 15 is 0 Å². The van der Waals surface area contributed by atoms with Crippen LogP contribution in [0.4, 0.5) is 0 Å². The van der Waals surface area contributed by atoms with E-state index in [9.17, 15) is 4.79 Å². The third kappa shape index (κ3) is 1.57. The van der Waals surface area contributed by atoms with E-state index in [2.05, 4.69) is 0 Å². The van der Waals surface area contributed by atoms with Crippen molar-refractivity contribution in [3.63, 3.8) is 0 Å². The molecule has 18 heavy (non-hydrogen) atoms. The number of pyridine rings is 1. The highest BCUT2D eigenvalue weighted by atomic mass is 32.1. The lowest BCUT2D eigenvalue weighted by Crippen LogP contribution is -2.31. The Kier molecular flexibility index (Phi) is 2.52. The van der Waals surface area contributed by atoms with Crippen LogP contribution < -0.4 is 9.44 Å². The molecule has 0 fully saturated rings. The first-order valence-electron chi connectivity index (χ1n) is 5.74. The summed E-state index contributed by atoms with van der Waals surface area (Å²) in [7, 11) is 1.96. The fourth-order valence-electron chi connectivity index (χ4n) is 2.18. The van der Waals surface area contributed by atoms with Gasteiger partial charge in [0.2, 0.25) is 0 Å². The molecule has 3 aromatic rings. The first kappa shape index (κ1) is 11.2. The van der Waals surface area contributed by atoms with Gasteiger partial charge in [0.25, 0.3) is 0 Å². The van der Waals surface area contributed by atoms with Crippen molar-refractivity contribution in [2.45, 2.75) is 6.92 Å². The van der Waals surface area contributed by atoms with Crippen molar-refractivity contribution in [1.29, 1.82) is 0 Å². The average Bonchev–Trinajstić information content (AvgIpc) is 2.68. The maximum absolute atomic E-state index is 12.2. The highest BCUT2D eigenvalue weighted by Crippen LogP contribution is 2.19. The van der Waals surface area contributed by atoms with Gasteiger partial charge in [0.1, 0.15) is 10.4 Å². The van der Waals surface area contributed by atoms with Crippen molar-refractivity contribution in [3.05, 3.63) is 57.8 Å². The van der Waals surface area contributed by atoms with Crippen molar-refractivity contribution >= 4 is 21.7 Å². The Bertz CT molecular complexity index is 786. The lowest BCUT2D eigenvalue weighted by molar-refractivity contribution is -0.647. The van der Waals surface area contributed by atoms with Gasteiger partial charge in [-0.25, -0.2) is 9.36 Å². The molecule has 0 N–H and O–H groups in total. The summed E-state index contributed by atoms with van der Waals surface area (Å²) in [5, 5.41) is 0. The minimum Gasteiger partial charge on any atom is -0.235 e. The minimum absolute atomic E-state index is 0.0566. The van der Waals surface area contributed by atoms with E-state index in [1.807, 2.05) is 61.1 Å². The van der Waals surface area contributed by atoms with Gasteiger partial charge in [-0.05, 0) is 42.0 Å². The molecule has 3 rings (SSSR count). The molecule has 2 heterocycles. The Labute approximate surface area is 109 Å². The molecule has 0 atom stereocenters. The number of thiazole rings is 1. The third-order valence-electron chi connectivity index (χ3n) is 3.06. The molecule has 0 unspecified atom stereocenters. The molecule has 90 valence electrons. The van der Waals surface area contributed by atoms with Crippen LogP contribution in [0.2, 0.25) is 0 Å². The highest BCUT2D eigenvalue weighted by molar-refractivity contribution is 7.16. The molecule has 0 radical (unpaired) electrons. The Morgan fingerprint density at radius 3 is 2.72 bits per heavy atom. The number of benzene rings is 1. The van der Waals surface area contributed by atoms with Gasteiger partial charge in [0.15, 0.2) is 0 Å². The number of aromatic nitrogens is 2. The van der Waals surface area contributed by atoms with Crippen molar-refractivity contribution in [1.82, 2.24) is 4.57 Å². The first-order chi connectivity index (χ1) is 8.68. The smallest absolute Gasteiger partial charge is 0.235 e. The molecule has 2 aromatic heterocycles. The third-order valence-corrected chi connectivity index (χ3v) is 3.96. The van der Waals surface area contributed by atoms with Gasteiger partial charge in [-0.15, -0.1) is 4.57 Å². The largest absolute Gasteiger partial charge is 0.397 e. The molecule has 1 aromatic carbocycles. The first-order valence-corrected chi connectivity index (χ1v) is 6.56. The number of nitrogens with zero attached hydrogens (tertiary/aromatic N) is 2. The molecule has 4 heteroatoms. The number of fused-ring (bicyclic) bond motifs is 1. The van der Waals surface area contributed by atoms with Crippen molar-refractivity contribution in [2.24, 2.45) is 7.05 Å².